The second-order valence-electron chi connectivity index (χ2n) is 9.21. The fraction of sp³-hybridized carbons (Fsp3) is 0.320. The molecule has 0 saturated heterocycles. The van der Waals surface area contributed by atoms with E-state index in [2.05, 4.69) is 10.4 Å². The number of carboxylic acids is 1. The minimum absolute atomic E-state index is 0.163. The van der Waals surface area contributed by atoms with Crippen LogP contribution in [0.4, 0.5) is 27.6 Å². The highest BCUT2D eigenvalue weighted by Gasteiger charge is 2.53. The lowest BCUT2D eigenvalue weighted by molar-refractivity contribution is -0.137. The Morgan fingerprint density at radius 3 is 2.36 bits per heavy atom. The number of carbonyl (C=O) groups excluding carboxylic acids is 1. The van der Waals surface area contributed by atoms with Crippen LogP contribution in [0.25, 0.3) is 11.1 Å². The molecule has 0 radical (unpaired) electrons. The van der Waals surface area contributed by atoms with E-state index >= 15 is 4.39 Å². The zero-order valence-corrected chi connectivity index (χ0v) is 18.7. The van der Waals surface area contributed by atoms with Crippen molar-refractivity contribution in [3.63, 3.8) is 0 Å². The molecule has 2 aliphatic carbocycles. The van der Waals surface area contributed by atoms with Gasteiger partial charge in [-0.1, -0.05) is 6.07 Å². The summed E-state index contributed by atoms with van der Waals surface area (Å²) < 4.78 is 70.0. The van der Waals surface area contributed by atoms with Gasteiger partial charge in [-0.15, -0.1) is 0 Å². The summed E-state index contributed by atoms with van der Waals surface area (Å²) in [6.07, 6.45) is 1.50. The summed E-state index contributed by atoms with van der Waals surface area (Å²) in [5.41, 5.74) is -3.26. The molecule has 2 aromatic carbocycles. The van der Waals surface area contributed by atoms with Crippen molar-refractivity contribution in [1.29, 1.82) is 0 Å². The fourth-order valence-corrected chi connectivity index (χ4v) is 4.53. The standard InChI is InChI=1S/C25H20F5N3O3/c26-19-8-14(25(28,29)30)4-5-18(19)24(6-7-24)23(36)32-15-9-17(22(34)35)21(20(27)10-15)13-11-31-33(12-13)16-2-1-3-16/h4-5,8-12,16H,1-3,6-7H2,(H,32,36)(H,34,35). The maximum Gasteiger partial charge on any atom is 0.416 e. The maximum absolute atomic E-state index is 15.2. The number of rotatable bonds is 6. The number of hydrogen-bond donors (Lipinski definition) is 2. The molecule has 1 amide bonds. The Bertz CT molecular complexity index is 1370. The SMILES string of the molecule is O=C(O)c1cc(NC(=O)C2(c3ccc(C(F)(F)F)cc3F)CC2)cc(F)c1-c1cnn(C2CCC2)c1. The third-order valence-corrected chi connectivity index (χ3v) is 6.91. The number of benzene rings is 2. The Kier molecular flexibility index (Phi) is 5.60. The molecule has 188 valence electrons. The van der Waals surface area contributed by atoms with Crippen molar-refractivity contribution in [1.82, 2.24) is 9.78 Å². The molecular formula is C25H20F5N3O3. The Balaban J connectivity index is 1.43. The predicted molar refractivity (Wildman–Crippen MR) is 118 cm³/mol. The highest BCUT2D eigenvalue weighted by atomic mass is 19.4. The third kappa shape index (κ3) is 4.12. The zero-order chi connectivity index (χ0) is 25.8. The summed E-state index contributed by atoms with van der Waals surface area (Å²) in [4.78, 5) is 24.9. The Hall–Kier alpha value is -3.76. The smallest absolute Gasteiger partial charge is 0.416 e. The normalized spacial score (nSPS) is 16.9. The number of nitrogens with one attached hydrogen (secondary N) is 1. The van der Waals surface area contributed by atoms with Gasteiger partial charge >= 0.3 is 12.1 Å². The number of aromatic carboxylic acids is 1. The van der Waals surface area contributed by atoms with E-state index in [0.717, 1.165) is 37.5 Å². The predicted octanol–water partition coefficient (Wildman–Crippen LogP) is 5.94. The number of alkyl halides is 3. The largest absolute Gasteiger partial charge is 0.478 e. The van der Waals surface area contributed by atoms with Crippen LogP contribution < -0.4 is 5.32 Å². The topological polar surface area (TPSA) is 84.2 Å². The van der Waals surface area contributed by atoms with E-state index in [-0.39, 0.29) is 41.3 Å². The van der Waals surface area contributed by atoms with Crippen LogP contribution in [0.3, 0.4) is 0 Å². The van der Waals surface area contributed by atoms with E-state index in [1.165, 1.54) is 6.20 Å². The molecule has 5 rings (SSSR count). The van der Waals surface area contributed by atoms with E-state index in [9.17, 15) is 32.3 Å². The van der Waals surface area contributed by atoms with E-state index in [4.69, 9.17) is 0 Å². The molecule has 1 heterocycles. The summed E-state index contributed by atoms with van der Waals surface area (Å²) >= 11 is 0. The first-order valence-corrected chi connectivity index (χ1v) is 11.3. The average Bonchev–Trinajstić information content (AvgIpc) is 3.44. The number of hydrogen-bond acceptors (Lipinski definition) is 3. The summed E-state index contributed by atoms with van der Waals surface area (Å²) in [6, 6.07) is 4.21. The van der Waals surface area contributed by atoms with E-state index in [1.54, 1.807) is 10.9 Å². The van der Waals surface area contributed by atoms with Gasteiger partial charge in [0.05, 0.1) is 28.8 Å². The van der Waals surface area contributed by atoms with E-state index < -0.39 is 46.2 Å². The molecule has 6 nitrogen and oxygen atoms in total. The number of halogens is 5. The van der Waals surface area contributed by atoms with Crippen LogP contribution in [0, 0.1) is 11.6 Å². The van der Waals surface area contributed by atoms with Crippen LogP contribution in [-0.4, -0.2) is 26.8 Å². The summed E-state index contributed by atoms with van der Waals surface area (Å²) in [5.74, 6) is -4.26. The molecule has 2 saturated carbocycles. The molecule has 2 aliphatic rings. The molecular weight excluding hydrogens is 485 g/mol. The lowest BCUT2D eigenvalue weighted by Gasteiger charge is -2.25. The highest BCUT2D eigenvalue weighted by Crippen LogP contribution is 2.50. The maximum atomic E-state index is 15.2. The van der Waals surface area contributed by atoms with Gasteiger partial charge in [0.1, 0.15) is 11.6 Å². The van der Waals surface area contributed by atoms with Crippen molar-refractivity contribution in [3.05, 3.63) is 71.1 Å². The van der Waals surface area contributed by atoms with Crippen LogP contribution in [0.15, 0.2) is 42.7 Å². The van der Waals surface area contributed by atoms with Gasteiger partial charge in [-0.3, -0.25) is 9.48 Å². The first-order chi connectivity index (χ1) is 17.0. The van der Waals surface area contributed by atoms with Gasteiger partial charge in [0.25, 0.3) is 0 Å². The first kappa shape index (κ1) is 24.0. The Morgan fingerprint density at radius 1 is 1.08 bits per heavy atom. The summed E-state index contributed by atoms with van der Waals surface area (Å²) in [7, 11) is 0. The fourth-order valence-electron chi connectivity index (χ4n) is 4.53. The summed E-state index contributed by atoms with van der Waals surface area (Å²) in [6.45, 7) is 0. The van der Waals surface area contributed by atoms with E-state index in [1.807, 2.05) is 0 Å². The number of carboxylic acid groups (broad SMARTS) is 1. The molecule has 0 aliphatic heterocycles. The van der Waals surface area contributed by atoms with Gasteiger partial charge in [-0.25, -0.2) is 13.6 Å². The minimum atomic E-state index is -4.74. The van der Waals surface area contributed by atoms with Crippen molar-refractivity contribution in [2.45, 2.75) is 49.7 Å². The van der Waals surface area contributed by atoms with Gasteiger partial charge in [0.2, 0.25) is 5.91 Å². The van der Waals surface area contributed by atoms with Gasteiger partial charge in [0.15, 0.2) is 0 Å². The van der Waals surface area contributed by atoms with Gasteiger partial charge in [-0.05, 0) is 56.4 Å². The summed E-state index contributed by atoms with van der Waals surface area (Å²) in [5, 5.41) is 16.3. The van der Waals surface area contributed by atoms with Crippen LogP contribution in [0.5, 0.6) is 0 Å². The van der Waals surface area contributed by atoms with Crippen LogP contribution in [0.2, 0.25) is 0 Å². The number of amides is 1. The first-order valence-electron chi connectivity index (χ1n) is 11.3. The highest BCUT2D eigenvalue weighted by molar-refractivity contribution is 6.03. The van der Waals surface area contributed by atoms with E-state index in [0.29, 0.717) is 12.1 Å². The molecule has 0 atom stereocenters. The van der Waals surface area contributed by atoms with Gasteiger partial charge in [0, 0.05) is 28.6 Å². The molecule has 0 spiro atoms. The molecule has 3 aromatic rings. The van der Waals surface area contributed by atoms with Crippen LogP contribution >= 0.6 is 0 Å². The zero-order valence-electron chi connectivity index (χ0n) is 18.7. The molecule has 2 N–H and O–H groups in total. The van der Waals surface area contributed by atoms with Crippen molar-refractivity contribution in [2.24, 2.45) is 0 Å². The number of anilines is 1. The van der Waals surface area contributed by atoms with Crippen LogP contribution in [-0.2, 0) is 16.4 Å². The van der Waals surface area contributed by atoms with Crippen molar-refractivity contribution >= 4 is 17.6 Å². The van der Waals surface area contributed by atoms with Crippen molar-refractivity contribution < 1.29 is 36.6 Å². The second-order valence-corrected chi connectivity index (χ2v) is 9.21. The van der Waals surface area contributed by atoms with Gasteiger partial charge < -0.3 is 10.4 Å². The average molecular weight is 505 g/mol. The van der Waals surface area contributed by atoms with Crippen LogP contribution in [0.1, 0.15) is 59.6 Å². The lowest BCUT2D eigenvalue weighted by atomic mass is 9.92. The molecule has 1 aromatic heterocycles. The molecule has 11 heteroatoms. The number of nitrogens with zero attached hydrogens (tertiary/aromatic N) is 2. The quantitative estimate of drug-likeness (QED) is 0.406. The van der Waals surface area contributed by atoms with Crippen molar-refractivity contribution in [2.75, 3.05) is 5.32 Å². The second kappa shape index (κ2) is 8.42. The Morgan fingerprint density at radius 2 is 1.81 bits per heavy atom. The van der Waals surface area contributed by atoms with Gasteiger partial charge in [-0.2, -0.15) is 18.3 Å². The third-order valence-electron chi connectivity index (χ3n) is 6.91. The molecule has 36 heavy (non-hydrogen) atoms. The molecule has 0 unspecified atom stereocenters. The molecule has 0 bridgehead atoms. The Labute approximate surface area is 201 Å². The van der Waals surface area contributed by atoms with Crippen molar-refractivity contribution in [3.8, 4) is 11.1 Å². The lowest BCUT2D eigenvalue weighted by Crippen LogP contribution is -2.29. The number of carbonyl (C=O) groups is 2. The molecule has 2 fully saturated rings. The number of aromatic nitrogens is 2. The monoisotopic (exact) mass is 505 g/mol. The minimum Gasteiger partial charge on any atom is -0.478 e.